The van der Waals surface area contributed by atoms with Gasteiger partial charge in [0.1, 0.15) is 11.4 Å². The largest absolute Gasteiger partial charge is 0.492 e. The molecule has 0 spiro atoms. The van der Waals surface area contributed by atoms with Crippen LogP contribution in [0.4, 0.5) is 4.39 Å². The fraction of sp³-hybridized carbons (Fsp3) is 0.522. The molecule has 1 saturated heterocycles. The molecule has 1 fully saturated rings. The maximum absolute atomic E-state index is 13.8. The standard InChI is InChI=1S/C23H31FN2O3S/c1-17-13-19(5-8-22(17)30(4,27)28)21-7-6-20(14-25-21)29-15-18-9-11-26(12-10-18)16-23(2,3)24/h5-8,13-14,18H,9-12,15-16H2,1-4H3. The van der Waals surface area contributed by atoms with E-state index in [0.29, 0.717) is 29.5 Å². The van der Waals surface area contributed by atoms with Gasteiger partial charge in [-0.25, -0.2) is 12.8 Å². The minimum atomic E-state index is -3.23. The van der Waals surface area contributed by atoms with Crippen LogP contribution in [0, 0.1) is 12.8 Å². The molecule has 164 valence electrons. The Morgan fingerprint density at radius 2 is 1.90 bits per heavy atom. The van der Waals surface area contributed by atoms with Gasteiger partial charge in [0.05, 0.1) is 23.4 Å². The Bertz CT molecular complexity index is 961. The summed E-state index contributed by atoms with van der Waals surface area (Å²) < 4.78 is 43.3. The summed E-state index contributed by atoms with van der Waals surface area (Å²) in [5.74, 6) is 1.19. The second-order valence-corrected chi connectivity index (χ2v) is 10.9. The van der Waals surface area contributed by atoms with Crippen molar-refractivity contribution in [3.8, 4) is 17.0 Å². The SMILES string of the molecule is Cc1cc(-c2ccc(OCC3CCN(CC(C)(C)F)CC3)cn2)ccc1S(C)(=O)=O. The number of ether oxygens (including phenoxy) is 1. The smallest absolute Gasteiger partial charge is 0.175 e. The molecule has 1 aromatic carbocycles. The van der Waals surface area contributed by atoms with Crippen LogP contribution in [0.1, 0.15) is 32.3 Å². The monoisotopic (exact) mass is 434 g/mol. The van der Waals surface area contributed by atoms with E-state index in [1.807, 2.05) is 18.2 Å². The second kappa shape index (κ2) is 9.02. The van der Waals surface area contributed by atoms with E-state index in [1.165, 1.54) is 6.26 Å². The van der Waals surface area contributed by atoms with Crippen molar-refractivity contribution in [3.05, 3.63) is 42.1 Å². The Labute approximate surface area is 179 Å². The minimum absolute atomic E-state index is 0.340. The molecule has 0 aliphatic carbocycles. The lowest BCUT2D eigenvalue weighted by Gasteiger charge is -2.34. The zero-order valence-electron chi connectivity index (χ0n) is 18.2. The Kier molecular flexibility index (Phi) is 6.82. The lowest BCUT2D eigenvalue weighted by molar-refractivity contribution is 0.0836. The second-order valence-electron chi connectivity index (χ2n) is 8.88. The molecule has 0 N–H and O–H groups in total. The summed E-state index contributed by atoms with van der Waals surface area (Å²) in [6.45, 7) is 7.97. The van der Waals surface area contributed by atoms with Gasteiger partial charge in [-0.15, -0.1) is 0 Å². The van der Waals surface area contributed by atoms with Crippen LogP contribution < -0.4 is 4.74 Å². The zero-order valence-corrected chi connectivity index (χ0v) is 19.0. The van der Waals surface area contributed by atoms with E-state index in [9.17, 15) is 12.8 Å². The number of piperidine rings is 1. The van der Waals surface area contributed by atoms with Gasteiger partial charge in [-0.05, 0) is 82.4 Å². The molecule has 1 aromatic heterocycles. The molecular formula is C23H31FN2O3S. The predicted molar refractivity (Wildman–Crippen MR) is 117 cm³/mol. The maximum Gasteiger partial charge on any atom is 0.175 e. The molecule has 1 aliphatic heterocycles. The van der Waals surface area contributed by atoms with Crippen molar-refractivity contribution in [1.82, 2.24) is 9.88 Å². The van der Waals surface area contributed by atoms with Crippen LogP contribution in [0.15, 0.2) is 41.4 Å². The number of sulfone groups is 1. The van der Waals surface area contributed by atoms with Crippen LogP contribution >= 0.6 is 0 Å². The highest BCUT2D eigenvalue weighted by molar-refractivity contribution is 7.90. The quantitative estimate of drug-likeness (QED) is 0.650. The van der Waals surface area contributed by atoms with Crippen molar-refractivity contribution < 1.29 is 17.5 Å². The minimum Gasteiger partial charge on any atom is -0.492 e. The summed E-state index contributed by atoms with van der Waals surface area (Å²) in [6.07, 6.45) is 4.93. The molecule has 30 heavy (non-hydrogen) atoms. The predicted octanol–water partition coefficient (Wildman–Crippen LogP) is 4.30. The van der Waals surface area contributed by atoms with E-state index in [1.54, 1.807) is 39.1 Å². The lowest BCUT2D eigenvalue weighted by atomic mass is 9.97. The Morgan fingerprint density at radius 1 is 1.20 bits per heavy atom. The molecule has 5 nitrogen and oxygen atoms in total. The topological polar surface area (TPSA) is 59.5 Å². The Morgan fingerprint density at radius 3 is 2.43 bits per heavy atom. The average Bonchev–Trinajstić information content (AvgIpc) is 2.65. The molecule has 0 amide bonds. The number of alkyl halides is 1. The summed E-state index contributed by atoms with van der Waals surface area (Å²) in [6, 6.07) is 9.02. The number of pyridine rings is 1. The van der Waals surface area contributed by atoms with E-state index in [-0.39, 0.29) is 0 Å². The number of hydrogen-bond acceptors (Lipinski definition) is 5. The summed E-state index contributed by atoms with van der Waals surface area (Å²) in [4.78, 5) is 7.00. The van der Waals surface area contributed by atoms with E-state index in [4.69, 9.17) is 4.74 Å². The third-order valence-corrected chi connectivity index (χ3v) is 6.66. The zero-order chi connectivity index (χ0) is 21.9. The highest BCUT2D eigenvalue weighted by atomic mass is 32.2. The van der Waals surface area contributed by atoms with E-state index in [2.05, 4.69) is 9.88 Å². The number of hydrogen-bond donors (Lipinski definition) is 0. The first-order valence-corrected chi connectivity index (χ1v) is 12.2. The number of rotatable bonds is 7. The third-order valence-electron chi connectivity index (χ3n) is 5.40. The molecule has 2 heterocycles. The van der Waals surface area contributed by atoms with Gasteiger partial charge < -0.3 is 9.64 Å². The van der Waals surface area contributed by atoms with Crippen LogP contribution in [-0.4, -0.2) is 56.5 Å². The van der Waals surface area contributed by atoms with Crippen molar-refractivity contribution in [2.45, 2.75) is 44.2 Å². The summed E-state index contributed by atoms with van der Waals surface area (Å²) in [5, 5.41) is 0. The molecule has 2 aromatic rings. The summed E-state index contributed by atoms with van der Waals surface area (Å²) in [5.41, 5.74) is 1.20. The molecule has 0 unspecified atom stereocenters. The third kappa shape index (κ3) is 6.25. The first kappa shape index (κ1) is 22.7. The maximum atomic E-state index is 13.8. The molecule has 0 saturated carbocycles. The normalized spacial score (nSPS) is 16.6. The van der Waals surface area contributed by atoms with Crippen molar-refractivity contribution in [1.29, 1.82) is 0 Å². The van der Waals surface area contributed by atoms with Crippen molar-refractivity contribution in [2.24, 2.45) is 5.92 Å². The molecule has 1 aliphatic rings. The van der Waals surface area contributed by atoms with Gasteiger partial charge >= 0.3 is 0 Å². The Hall–Kier alpha value is -1.99. The average molecular weight is 435 g/mol. The van der Waals surface area contributed by atoms with E-state index >= 15 is 0 Å². The number of aryl methyl sites for hydroxylation is 1. The van der Waals surface area contributed by atoms with Gasteiger partial charge in [-0.1, -0.05) is 6.07 Å². The molecule has 0 bridgehead atoms. The number of halogens is 1. The van der Waals surface area contributed by atoms with Crippen LogP contribution in [0.3, 0.4) is 0 Å². The van der Waals surface area contributed by atoms with Gasteiger partial charge in [0.15, 0.2) is 9.84 Å². The number of likely N-dealkylation sites (tertiary alicyclic amines) is 1. The fourth-order valence-corrected chi connectivity index (χ4v) is 4.88. The van der Waals surface area contributed by atoms with Gasteiger partial charge in [0.2, 0.25) is 0 Å². The number of aromatic nitrogens is 1. The molecule has 7 heteroatoms. The van der Waals surface area contributed by atoms with E-state index in [0.717, 1.165) is 42.9 Å². The van der Waals surface area contributed by atoms with Crippen molar-refractivity contribution >= 4 is 9.84 Å². The van der Waals surface area contributed by atoms with Crippen molar-refractivity contribution in [2.75, 3.05) is 32.5 Å². The van der Waals surface area contributed by atoms with Gasteiger partial charge in [0, 0.05) is 18.4 Å². The Balaban J connectivity index is 1.54. The number of benzene rings is 1. The van der Waals surface area contributed by atoms with Crippen molar-refractivity contribution in [3.63, 3.8) is 0 Å². The highest BCUT2D eigenvalue weighted by Crippen LogP contribution is 2.25. The van der Waals surface area contributed by atoms with Gasteiger partial charge in [-0.3, -0.25) is 4.98 Å². The highest BCUT2D eigenvalue weighted by Gasteiger charge is 2.25. The summed E-state index contributed by atoms with van der Waals surface area (Å²) >= 11 is 0. The fourth-order valence-electron chi connectivity index (χ4n) is 3.92. The van der Waals surface area contributed by atoms with E-state index < -0.39 is 15.5 Å². The molecule has 0 radical (unpaired) electrons. The van der Waals surface area contributed by atoms with Crippen LogP contribution in [0.5, 0.6) is 5.75 Å². The van der Waals surface area contributed by atoms with Crippen LogP contribution in [-0.2, 0) is 9.84 Å². The molecular weight excluding hydrogens is 403 g/mol. The first-order chi connectivity index (χ1) is 14.0. The molecule has 3 rings (SSSR count). The van der Waals surface area contributed by atoms with Gasteiger partial charge in [0.25, 0.3) is 0 Å². The van der Waals surface area contributed by atoms with Crippen LogP contribution in [0.25, 0.3) is 11.3 Å². The summed E-state index contributed by atoms with van der Waals surface area (Å²) in [7, 11) is -3.23. The van der Waals surface area contributed by atoms with Crippen LogP contribution in [0.2, 0.25) is 0 Å². The number of nitrogens with zero attached hydrogens (tertiary/aromatic N) is 2. The molecule has 0 atom stereocenters. The first-order valence-electron chi connectivity index (χ1n) is 10.3. The van der Waals surface area contributed by atoms with Gasteiger partial charge in [-0.2, -0.15) is 0 Å². The lowest BCUT2D eigenvalue weighted by Crippen LogP contribution is -2.41.